The fourth-order valence-corrected chi connectivity index (χ4v) is 3.79. The summed E-state index contributed by atoms with van der Waals surface area (Å²) in [4.78, 5) is 0. The second-order valence-electron chi connectivity index (χ2n) is 4.30. The fraction of sp³-hybridized carbons (Fsp3) is 0.133. The summed E-state index contributed by atoms with van der Waals surface area (Å²) < 4.78 is 0. The zero-order valence-corrected chi connectivity index (χ0v) is 11.0. The van der Waals surface area contributed by atoms with Crippen molar-refractivity contribution in [2.45, 2.75) is 13.1 Å². The molecule has 1 heteroatoms. The minimum Gasteiger partial charge on any atom is -0.0711 e. The number of hydrogen-bond acceptors (Lipinski definition) is 0. The summed E-state index contributed by atoms with van der Waals surface area (Å²) >= 11 is 0. The van der Waals surface area contributed by atoms with Crippen LogP contribution in [-0.4, -0.2) is 8.80 Å². The van der Waals surface area contributed by atoms with Crippen molar-refractivity contribution in [2.24, 2.45) is 0 Å². The van der Waals surface area contributed by atoms with Crippen LogP contribution in [0.5, 0.6) is 0 Å². The Hall–Kier alpha value is -1.34. The lowest BCUT2D eigenvalue weighted by Gasteiger charge is -2.20. The van der Waals surface area contributed by atoms with Crippen molar-refractivity contribution in [2.75, 3.05) is 0 Å². The van der Waals surface area contributed by atoms with Crippen molar-refractivity contribution in [1.82, 2.24) is 0 Å². The molecule has 0 aromatic heterocycles. The Morgan fingerprint density at radius 1 is 0.688 bits per heavy atom. The second-order valence-corrected chi connectivity index (χ2v) is 7.19. The lowest BCUT2D eigenvalue weighted by atomic mass is 10.0. The Bertz CT molecular complexity index is 380. The fourth-order valence-electron chi connectivity index (χ4n) is 2.07. The van der Waals surface area contributed by atoms with Crippen LogP contribution in [0.3, 0.4) is 0 Å². The molecule has 0 fully saturated rings. The summed E-state index contributed by atoms with van der Waals surface area (Å²) in [6, 6.07) is 21.5. The monoisotopic (exact) mass is 225 g/mol. The molecule has 0 N–H and O–H groups in total. The van der Waals surface area contributed by atoms with E-state index in [9.17, 15) is 0 Å². The average Bonchev–Trinajstić information content (AvgIpc) is 2.31. The van der Waals surface area contributed by atoms with E-state index in [4.69, 9.17) is 0 Å². The highest BCUT2D eigenvalue weighted by Crippen LogP contribution is 2.25. The molecule has 0 nitrogen and oxygen atoms in total. The SMILES string of the molecule is C[SiH](C)[C](c1ccccc1)c1ccccc1. The van der Waals surface area contributed by atoms with Gasteiger partial charge in [-0.3, -0.25) is 0 Å². The van der Waals surface area contributed by atoms with E-state index in [-0.39, 0.29) is 0 Å². The van der Waals surface area contributed by atoms with E-state index >= 15 is 0 Å². The summed E-state index contributed by atoms with van der Waals surface area (Å²) in [6.45, 7) is 4.77. The van der Waals surface area contributed by atoms with Gasteiger partial charge in [-0.2, -0.15) is 0 Å². The first-order valence-electron chi connectivity index (χ1n) is 5.76. The zero-order chi connectivity index (χ0) is 11.4. The molecule has 16 heavy (non-hydrogen) atoms. The van der Waals surface area contributed by atoms with Gasteiger partial charge in [0.25, 0.3) is 0 Å². The van der Waals surface area contributed by atoms with Gasteiger partial charge >= 0.3 is 0 Å². The van der Waals surface area contributed by atoms with Gasteiger partial charge in [-0.05, 0) is 11.1 Å². The van der Waals surface area contributed by atoms with Crippen LogP contribution in [0.1, 0.15) is 11.1 Å². The number of benzene rings is 2. The number of rotatable bonds is 3. The Labute approximate surface area is 99.6 Å². The molecule has 2 aromatic rings. The first kappa shape index (κ1) is 11.2. The van der Waals surface area contributed by atoms with Gasteiger partial charge in [0, 0.05) is 14.3 Å². The van der Waals surface area contributed by atoms with Crippen molar-refractivity contribution >= 4 is 8.80 Å². The van der Waals surface area contributed by atoms with Crippen LogP contribution in [0.25, 0.3) is 0 Å². The minimum atomic E-state index is -0.822. The van der Waals surface area contributed by atoms with Crippen molar-refractivity contribution in [3.8, 4) is 0 Å². The third-order valence-electron chi connectivity index (χ3n) is 2.75. The van der Waals surface area contributed by atoms with E-state index in [0.717, 1.165) is 0 Å². The average molecular weight is 225 g/mol. The topological polar surface area (TPSA) is 0 Å². The van der Waals surface area contributed by atoms with E-state index in [1.54, 1.807) is 5.54 Å². The molecule has 0 saturated heterocycles. The Morgan fingerprint density at radius 2 is 1.06 bits per heavy atom. The van der Waals surface area contributed by atoms with Gasteiger partial charge < -0.3 is 0 Å². The van der Waals surface area contributed by atoms with Gasteiger partial charge in [-0.25, -0.2) is 0 Å². The molecule has 0 heterocycles. The van der Waals surface area contributed by atoms with E-state index < -0.39 is 8.80 Å². The summed E-state index contributed by atoms with van der Waals surface area (Å²) in [7, 11) is -0.822. The van der Waals surface area contributed by atoms with E-state index in [0.29, 0.717) is 0 Å². The van der Waals surface area contributed by atoms with Gasteiger partial charge in [0.15, 0.2) is 0 Å². The van der Waals surface area contributed by atoms with Crippen molar-refractivity contribution in [3.63, 3.8) is 0 Å². The molecule has 0 saturated carbocycles. The molecule has 0 aliphatic carbocycles. The van der Waals surface area contributed by atoms with Gasteiger partial charge in [-0.15, -0.1) is 0 Å². The largest absolute Gasteiger partial charge is 0.0711 e. The predicted octanol–water partition coefficient (Wildman–Crippen LogP) is 3.68. The maximum atomic E-state index is 2.38. The van der Waals surface area contributed by atoms with Crippen LogP contribution in [0.2, 0.25) is 13.1 Å². The molecule has 0 spiro atoms. The Balaban J connectivity index is 2.40. The molecular formula is C15H17Si. The highest BCUT2D eigenvalue weighted by atomic mass is 28.3. The second kappa shape index (κ2) is 5.13. The molecule has 0 amide bonds. The Kier molecular flexibility index (Phi) is 3.57. The molecular weight excluding hydrogens is 208 g/mol. The standard InChI is InChI=1S/C15H17Si/c1-16(2)15(13-9-5-3-6-10-13)14-11-7-4-8-12-14/h3-12,16H,1-2H3. The molecule has 0 aliphatic heterocycles. The Morgan fingerprint density at radius 3 is 1.38 bits per heavy atom. The maximum absolute atomic E-state index is 2.38. The van der Waals surface area contributed by atoms with Crippen LogP contribution < -0.4 is 0 Å². The molecule has 2 rings (SSSR count). The van der Waals surface area contributed by atoms with Gasteiger partial charge in [0.1, 0.15) is 0 Å². The lowest BCUT2D eigenvalue weighted by molar-refractivity contribution is 1.34. The maximum Gasteiger partial charge on any atom is 0.0494 e. The third-order valence-corrected chi connectivity index (χ3v) is 4.57. The van der Waals surface area contributed by atoms with Gasteiger partial charge in [0.2, 0.25) is 0 Å². The van der Waals surface area contributed by atoms with Crippen LogP contribution in [0.15, 0.2) is 60.7 Å². The first-order valence-corrected chi connectivity index (χ1v) is 8.65. The van der Waals surface area contributed by atoms with Gasteiger partial charge in [-0.1, -0.05) is 73.8 Å². The summed E-state index contributed by atoms with van der Waals surface area (Å²) in [5, 5.41) is 0. The quantitative estimate of drug-likeness (QED) is 0.699. The molecule has 2 aromatic carbocycles. The lowest BCUT2D eigenvalue weighted by Crippen LogP contribution is -2.18. The van der Waals surface area contributed by atoms with E-state index in [1.807, 2.05) is 0 Å². The molecule has 0 aliphatic rings. The molecule has 0 unspecified atom stereocenters. The van der Waals surface area contributed by atoms with E-state index in [1.165, 1.54) is 11.1 Å². The van der Waals surface area contributed by atoms with Crippen molar-refractivity contribution in [3.05, 3.63) is 77.3 Å². The van der Waals surface area contributed by atoms with Crippen molar-refractivity contribution < 1.29 is 0 Å². The number of hydrogen-bond donors (Lipinski definition) is 0. The zero-order valence-electron chi connectivity index (χ0n) is 9.85. The molecule has 0 atom stereocenters. The normalized spacial score (nSPS) is 11.0. The smallest absolute Gasteiger partial charge is 0.0494 e. The first-order chi connectivity index (χ1) is 7.79. The van der Waals surface area contributed by atoms with Crippen LogP contribution in [0, 0.1) is 5.54 Å². The van der Waals surface area contributed by atoms with Crippen LogP contribution in [-0.2, 0) is 0 Å². The van der Waals surface area contributed by atoms with Crippen LogP contribution >= 0.6 is 0 Å². The van der Waals surface area contributed by atoms with Crippen molar-refractivity contribution in [1.29, 1.82) is 0 Å². The summed E-state index contributed by atoms with van der Waals surface area (Å²) in [5.74, 6) is 0. The minimum absolute atomic E-state index is 0.822. The van der Waals surface area contributed by atoms with Gasteiger partial charge in [0.05, 0.1) is 0 Å². The molecule has 0 bridgehead atoms. The summed E-state index contributed by atoms with van der Waals surface area (Å²) in [5.41, 5.74) is 4.33. The molecule has 81 valence electrons. The highest BCUT2D eigenvalue weighted by molar-refractivity contribution is 6.64. The molecule has 1 radical (unpaired) electrons. The highest BCUT2D eigenvalue weighted by Gasteiger charge is 2.18. The predicted molar refractivity (Wildman–Crippen MR) is 73.2 cm³/mol. The summed E-state index contributed by atoms with van der Waals surface area (Å²) in [6.07, 6.45) is 0. The van der Waals surface area contributed by atoms with E-state index in [2.05, 4.69) is 73.8 Å². The van der Waals surface area contributed by atoms with Crippen LogP contribution in [0.4, 0.5) is 0 Å². The third kappa shape index (κ3) is 2.42.